The van der Waals surface area contributed by atoms with Crippen molar-refractivity contribution in [2.75, 3.05) is 0 Å². The van der Waals surface area contributed by atoms with Gasteiger partial charge < -0.3 is 14.5 Å². The third-order valence-corrected chi connectivity index (χ3v) is 5.28. The van der Waals surface area contributed by atoms with Gasteiger partial charge in [0.1, 0.15) is 17.3 Å². The summed E-state index contributed by atoms with van der Waals surface area (Å²) in [5.41, 5.74) is 3.28. The number of carbonyl (C=O) groups excluding carboxylic acids is 3. The van der Waals surface area contributed by atoms with Crippen LogP contribution in [0.2, 0.25) is 5.82 Å². The van der Waals surface area contributed by atoms with E-state index in [2.05, 4.69) is 0 Å². The Morgan fingerprint density at radius 2 is 1.76 bits per heavy atom. The summed E-state index contributed by atoms with van der Waals surface area (Å²) < 4.78 is 5.60. The van der Waals surface area contributed by atoms with E-state index in [9.17, 15) is 19.4 Å². The second kappa shape index (κ2) is 9.18. The van der Waals surface area contributed by atoms with Gasteiger partial charge in [-0.05, 0) is 49.4 Å². The smallest absolute Gasteiger partial charge is 0.526 e. The highest BCUT2D eigenvalue weighted by molar-refractivity contribution is 6.47. The lowest BCUT2D eigenvalue weighted by molar-refractivity contribution is -0.119. The Morgan fingerprint density at radius 3 is 2.41 bits per heavy atom. The van der Waals surface area contributed by atoms with E-state index >= 15 is 0 Å². The minimum absolute atomic E-state index is 0.0281. The van der Waals surface area contributed by atoms with E-state index in [0.29, 0.717) is 30.6 Å². The third kappa shape index (κ3) is 5.42. The molecular formula is C23H25BO5. The molecule has 0 spiro atoms. The van der Waals surface area contributed by atoms with Crippen LogP contribution in [0.5, 0.6) is 5.75 Å². The predicted molar refractivity (Wildman–Crippen MR) is 111 cm³/mol. The number of ketones is 3. The van der Waals surface area contributed by atoms with Crippen molar-refractivity contribution in [1.82, 2.24) is 0 Å². The molecule has 5 nitrogen and oxygen atoms in total. The molecule has 0 saturated heterocycles. The van der Waals surface area contributed by atoms with Crippen molar-refractivity contribution in [3.63, 3.8) is 0 Å². The van der Waals surface area contributed by atoms with Gasteiger partial charge in [0.25, 0.3) is 0 Å². The van der Waals surface area contributed by atoms with Crippen molar-refractivity contribution >= 4 is 24.5 Å². The largest absolute Gasteiger partial charge is 0.535 e. The SMILES string of the molecule is CC(=O)CCc1ccc(CC(=O)C[C@H]2Cc3cccc(C(C)=O)c3OB2O)cc1. The highest BCUT2D eigenvalue weighted by atomic mass is 16.5. The number of aryl methyl sites for hydroxylation is 1. The molecule has 0 aliphatic carbocycles. The third-order valence-electron chi connectivity index (χ3n) is 5.28. The first-order valence-electron chi connectivity index (χ1n) is 9.90. The van der Waals surface area contributed by atoms with Gasteiger partial charge >= 0.3 is 7.12 Å². The van der Waals surface area contributed by atoms with Gasteiger partial charge in [0.2, 0.25) is 0 Å². The second-order valence-corrected chi connectivity index (χ2v) is 7.76. The van der Waals surface area contributed by atoms with E-state index in [1.165, 1.54) is 6.92 Å². The Hall–Kier alpha value is -2.73. The zero-order valence-electron chi connectivity index (χ0n) is 16.8. The lowest BCUT2D eigenvalue weighted by Crippen LogP contribution is -2.36. The number of fused-ring (bicyclic) bond motifs is 1. The van der Waals surface area contributed by atoms with E-state index in [1.54, 1.807) is 19.1 Å². The van der Waals surface area contributed by atoms with Crippen LogP contribution in [0.15, 0.2) is 42.5 Å². The van der Waals surface area contributed by atoms with Gasteiger partial charge in [0.15, 0.2) is 5.78 Å². The van der Waals surface area contributed by atoms with E-state index in [0.717, 1.165) is 16.7 Å². The lowest BCUT2D eigenvalue weighted by atomic mass is 9.64. The molecule has 2 aromatic rings. The summed E-state index contributed by atoms with van der Waals surface area (Å²) in [6, 6.07) is 13.1. The molecule has 3 rings (SSSR count). The van der Waals surface area contributed by atoms with E-state index < -0.39 is 7.12 Å². The molecule has 29 heavy (non-hydrogen) atoms. The van der Waals surface area contributed by atoms with Crippen LogP contribution in [0.3, 0.4) is 0 Å². The maximum atomic E-state index is 12.5. The number of rotatable bonds is 8. The Morgan fingerprint density at radius 1 is 1.07 bits per heavy atom. The highest BCUT2D eigenvalue weighted by Crippen LogP contribution is 2.36. The van der Waals surface area contributed by atoms with Crippen LogP contribution < -0.4 is 4.65 Å². The molecule has 0 saturated carbocycles. The van der Waals surface area contributed by atoms with Gasteiger partial charge in [-0.2, -0.15) is 0 Å². The summed E-state index contributed by atoms with van der Waals surface area (Å²) in [6.45, 7) is 3.04. The topological polar surface area (TPSA) is 80.7 Å². The van der Waals surface area contributed by atoms with Crippen LogP contribution in [0.1, 0.15) is 53.7 Å². The summed E-state index contributed by atoms with van der Waals surface area (Å²) in [6.07, 6.45) is 2.21. The minimum Gasteiger partial charge on any atom is -0.535 e. The molecule has 1 N–H and O–H groups in total. The first kappa shape index (κ1) is 21.0. The van der Waals surface area contributed by atoms with Gasteiger partial charge in [-0.1, -0.05) is 36.4 Å². The molecule has 0 radical (unpaired) electrons. The summed E-state index contributed by atoms with van der Waals surface area (Å²) in [5, 5.41) is 10.4. The van der Waals surface area contributed by atoms with Crippen molar-refractivity contribution in [2.45, 2.75) is 51.8 Å². The van der Waals surface area contributed by atoms with Crippen LogP contribution in [-0.4, -0.2) is 29.5 Å². The summed E-state index contributed by atoms with van der Waals surface area (Å²) in [5.74, 6) is 0.162. The normalized spacial score (nSPS) is 15.4. The molecule has 2 aromatic carbocycles. The fourth-order valence-corrected chi connectivity index (χ4v) is 3.67. The van der Waals surface area contributed by atoms with Gasteiger partial charge in [-0.3, -0.25) is 9.59 Å². The standard InChI is InChI=1S/C23H25BO5/c1-15(25)6-7-17-8-10-18(11-9-17)12-21(27)14-20-13-19-4-3-5-22(16(2)26)23(19)29-24(20)28/h3-5,8-11,20,28H,6-7,12-14H2,1-2H3/t20-/m1/s1. The summed E-state index contributed by atoms with van der Waals surface area (Å²) in [7, 11) is -1.11. The molecule has 0 aromatic heterocycles. The van der Waals surface area contributed by atoms with Crippen molar-refractivity contribution in [3.8, 4) is 5.75 Å². The maximum Gasteiger partial charge on any atom is 0.526 e. The molecule has 6 heteroatoms. The van der Waals surface area contributed by atoms with Crippen molar-refractivity contribution in [1.29, 1.82) is 0 Å². The summed E-state index contributed by atoms with van der Waals surface area (Å²) >= 11 is 0. The Labute approximate surface area is 171 Å². The number of Topliss-reactive ketones (excluding diaryl/α,β-unsaturated/α-hetero) is 3. The fraction of sp³-hybridized carbons (Fsp3) is 0.348. The van der Waals surface area contributed by atoms with E-state index in [1.807, 2.05) is 30.3 Å². The van der Waals surface area contributed by atoms with Crippen molar-refractivity contribution in [2.24, 2.45) is 0 Å². The van der Waals surface area contributed by atoms with Gasteiger partial charge in [-0.15, -0.1) is 0 Å². The first-order valence-corrected chi connectivity index (χ1v) is 9.90. The molecule has 0 fully saturated rings. The fourth-order valence-electron chi connectivity index (χ4n) is 3.67. The van der Waals surface area contributed by atoms with Gasteiger partial charge in [0.05, 0.1) is 5.56 Å². The molecule has 1 aliphatic heterocycles. The van der Waals surface area contributed by atoms with Gasteiger partial charge in [-0.25, -0.2) is 0 Å². The average Bonchev–Trinajstić information content (AvgIpc) is 2.67. The maximum absolute atomic E-state index is 12.5. The minimum atomic E-state index is -1.11. The molecule has 150 valence electrons. The molecule has 1 aliphatic rings. The number of hydrogen-bond donors (Lipinski definition) is 1. The number of carbonyl (C=O) groups is 3. The summed E-state index contributed by atoms with van der Waals surface area (Å²) in [4.78, 5) is 35.4. The van der Waals surface area contributed by atoms with Crippen LogP contribution in [0, 0.1) is 0 Å². The zero-order valence-corrected chi connectivity index (χ0v) is 16.8. The number of hydrogen-bond acceptors (Lipinski definition) is 5. The Balaban J connectivity index is 1.60. The van der Waals surface area contributed by atoms with E-state index in [4.69, 9.17) is 4.65 Å². The lowest BCUT2D eigenvalue weighted by Gasteiger charge is -2.28. The van der Waals surface area contributed by atoms with Crippen molar-refractivity contribution in [3.05, 3.63) is 64.7 Å². The second-order valence-electron chi connectivity index (χ2n) is 7.76. The average molecular weight is 392 g/mol. The zero-order chi connectivity index (χ0) is 21.0. The Bertz CT molecular complexity index is 919. The number of benzene rings is 2. The molecule has 1 atom stereocenters. The molecule has 0 bridgehead atoms. The molecular weight excluding hydrogens is 367 g/mol. The van der Waals surface area contributed by atoms with Crippen LogP contribution in [-0.2, 0) is 28.9 Å². The van der Waals surface area contributed by atoms with Crippen molar-refractivity contribution < 1.29 is 24.1 Å². The van der Waals surface area contributed by atoms with E-state index in [-0.39, 0.29) is 36.0 Å². The highest BCUT2D eigenvalue weighted by Gasteiger charge is 2.37. The Kier molecular flexibility index (Phi) is 6.65. The monoisotopic (exact) mass is 392 g/mol. The van der Waals surface area contributed by atoms with Crippen LogP contribution in [0.25, 0.3) is 0 Å². The predicted octanol–water partition coefficient (Wildman–Crippen LogP) is 3.40. The van der Waals surface area contributed by atoms with Crippen LogP contribution in [0.4, 0.5) is 0 Å². The molecule has 1 heterocycles. The number of para-hydroxylation sites is 1. The quantitative estimate of drug-likeness (QED) is 0.550. The molecule has 0 unspecified atom stereocenters. The first-order chi connectivity index (χ1) is 13.8. The van der Waals surface area contributed by atoms with Gasteiger partial charge in [0, 0.05) is 25.1 Å². The van der Waals surface area contributed by atoms with Crippen LogP contribution >= 0.6 is 0 Å². The molecule has 0 amide bonds.